The molecule has 1 atom stereocenters. The van der Waals surface area contributed by atoms with Crippen molar-refractivity contribution >= 4 is 16.9 Å². The molecule has 1 unspecified atom stereocenters. The normalized spacial score (nSPS) is 28.5. The maximum absolute atomic E-state index is 4.93. The molecule has 1 heterocycles. The Morgan fingerprint density at radius 1 is 1.26 bits per heavy atom. The molecule has 0 radical (unpaired) electrons. The van der Waals surface area contributed by atoms with Gasteiger partial charge in [-0.25, -0.2) is 0 Å². The van der Waals surface area contributed by atoms with Gasteiger partial charge in [0.2, 0.25) is 0 Å². The van der Waals surface area contributed by atoms with E-state index in [4.69, 9.17) is 4.99 Å². The Labute approximate surface area is 123 Å². The summed E-state index contributed by atoms with van der Waals surface area (Å²) < 4.78 is 0. The van der Waals surface area contributed by atoms with Gasteiger partial charge in [-0.05, 0) is 36.5 Å². The van der Waals surface area contributed by atoms with Gasteiger partial charge in [0.05, 0.1) is 0 Å². The summed E-state index contributed by atoms with van der Waals surface area (Å²) in [7, 11) is 0. The summed E-state index contributed by atoms with van der Waals surface area (Å²) in [6, 6.07) is 0.619. The molecular formula is C16H30N2S. The monoisotopic (exact) mass is 282 g/mol. The summed E-state index contributed by atoms with van der Waals surface area (Å²) in [6.07, 6.45) is 6.95. The molecule has 1 saturated heterocycles. The van der Waals surface area contributed by atoms with Gasteiger partial charge in [0, 0.05) is 18.3 Å². The summed E-state index contributed by atoms with van der Waals surface area (Å²) in [6.45, 7) is 10.3. The lowest BCUT2D eigenvalue weighted by molar-refractivity contribution is 0.245. The van der Waals surface area contributed by atoms with Crippen molar-refractivity contribution in [2.24, 2.45) is 22.2 Å². The molecule has 1 saturated carbocycles. The van der Waals surface area contributed by atoms with Crippen LogP contribution < -0.4 is 5.32 Å². The average Bonchev–Trinajstić information content (AvgIpc) is 2.94. The van der Waals surface area contributed by atoms with Crippen LogP contribution in [0.5, 0.6) is 0 Å². The highest BCUT2D eigenvalue weighted by Crippen LogP contribution is 2.43. The highest BCUT2D eigenvalue weighted by Gasteiger charge is 2.34. The van der Waals surface area contributed by atoms with E-state index < -0.39 is 0 Å². The molecule has 0 spiro atoms. The Hall–Kier alpha value is -0.180. The Balaban J connectivity index is 1.92. The van der Waals surface area contributed by atoms with Crippen molar-refractivity contribution in [2.45, 2.75) is 65.8 Å². The molecule has 2 fully saturated rings. The third kappa shape index (κ3) is 4.14. The number of nitrogens with one attached hydrogen (secondary N) is 1. The van der Waals surface area contributed by atoms with E-state index >= 15 is 0 Å². The van der Waals surface area contributed by atoms with Crippen LogP contribution in [0.25, 0.3) is 0 Å². The fraction of sp³-hybridized carbons (Fsp3) is 0.938. The second-order valence-electron chi connectivity index (χ2n) is 7.23. The molecular weight excluding hydrogens is 252 g/mol. The van der Waals surface area contributed by atoms with Crippen LogP contribution in [0, 0.1) is 17.3 Å². The van der Waals surface area contributed by atoms with Crippen LogP contribution >= 0.6 is 11.8 Å². The smallest absolute Gasteiger partial charge is 0.156 e. The van der Waals surface area contributed by atoms with E-state index in [0.717, 1.165) is 12.5 Å². The van der Waals surface area contributed by atoms with E-state index in [2.05, 4.69) is 33.0 Å². The first kappa shape index (κ1) is 15.2. The van der Waals surface area contributed by atoms with Crippen LogP contribution in [-0.4, -0.2) is 23.5 Å². The number of thioether (sulfide) groups is 1. The largest absolute Gasteiger partial charge is 0.361 e. The Morgan fingerprint density at radius 2 is 1.95 bits per heavy atom. The topological polar surface area (TPSA) is 24.4 Å². The van der Waals surface area contributed by atoms with Gasteiger partial charge in [0.25, 0.3) is 0 Å². The Bertz CT molecular complexity index is 317. The van der Waals surface area contributed by atoms with E-state index in [0.29, 0.717) is 17.4 Å². The average molecular weight is 282 g/mol. The van der Waals surface area contributed by atoms with Crippen molar-refractivity contribution in [1.29, 1.82) is 0 Å². The lowest BCUT2D eigenvalue weighted by Crippen LogP contribution is -2.32. The molecule has 0 aromatic heterocycles. The van der Waals surface area contributed by atoms with E-state index in [1.807, 2.05) is 11.8 Å². The number of hydrogen-bond donors (Lipinski definition) is 1. The molecule has 2 nitrogen and oxygen atoms in total. The molecule has 1 N–H and O–H groups in total. The maximum atomic E-state index is 4.93. The third-order valence-electron chi connectivity index (χ3n) is 4.58. The minimum atomic E-state index is 0.513. The zero-order chi connectivity index (χ0) is 13.9. The summed E-state index contributed by atoms with van der Waals surface area (Å²) in [4.78, 5) is 4.93. The molecule has 2 aliphatic rings. The van der Waals surface area contributed by atoms with Crippen LogP contribution in [0.3, 0.4) is 0 Å². The van der Waals surface area contributed by atoms with Gasteiger partial charge in [-0.3, -0.25) is 4.99 Å². The van der Waals surface area contributed by atoms with Crippen LogP contribution in [0.15, 0.2) is 4.99 Å². The number of rotatable bonds is 5. The number of amidine groups is 1. The van der Waals surface area contributed by atoms with Gasteiger partial charge in [0.15, 0.2) is 5.17 Å². The van der Waals surface area contributed by atoms with E-state index in [1.165, 1.54) is 43.0 Å². The lowest BCUT2D eigenvalue weighted by atomic mass is 9.79. The third-order valence-corrected chi connectivity index (χ3v) is 5.62. The standard InChI is InChI=1S/C16H30N2S/c1-12(2)9-16(7-5-6-8-16)11-17-15-18-14(10-19-15)13(3)4/h12-14H,5-11H2,1-4H3,(H,17,18). The van der Waals surface area contributed by atoms with Crippen molar-refractivity contribution in [1.82, 2.24) is 5.32 Å². The van der Waals surface area contributed by atoms with Gasteiger partial charge in [-0.1, -0.05) is 52.3 Å². The summed E-state index contributed by atoms with van der Waals surface area (Å²) in [5.74, 6) is 2.69. The minimum absolute atomic E-state index is 0.513. The van der Waals surface area contributed by atoms with Crippen LogP contribution in [-0.2, 0) is 0 Å². The predicted molar refractivity (Wildman–Crippen MR) is 86.9 cm³/mol. The quantitative estimate of drug-likeness (QED) is 0.812. The second kappa shape index (κ2) is 6.51. The SMILES string of the molecule is CC(C)CC1(CN=C2NC(C(C)C)CS2)CCCC1. The first-order valence-electron chi connectivity index (χ1n) is 7.94. The predicted octanol–water partition coefficient (Wildman–Crippen LogP) is 4.31. The zero-order valence-electron chi connectivity index (χ0n) is 13.0. The molecule has 0 bridgehead atoms. The molecule has 2 rings (SSSR count). The summed E-state index contributed by atoms with van der Waals surface area (Å²) in [5.41, 5.74) is 0.513. The summed E-state index contributed by atoms with van der Waals surface area (Å²) in [5, 5.41) is 4.80. The van der Waals surface area contributed by atoms with Crippen molar-refractivity contribution in [3.63, 3.8) is 0 Å². The molecule has 1 aliphatic heterocycles. The number of hydrogen-bond acceptors (Lipinski definition) is 2. The van der Waals surface area contributed by atoms with Gasteiger partial charge < -0.3 is 5.32 Å². The van der Waals surface area contributed by atoms with E-state index in [1.54, 1.807) is 0 Å². The van der Waals surface area contributed by atoms with Crippen molar-refractivity contribution in [3.05, 3.63) is 0 Å². The van der Waals surface area contributed by atoms with Gasteiger partial charge in [0.1, 0.15) is 0 Å². The van der Waals surface area contributed by atoms with Crippen molar-refractivity contribution in [2.75, 3.05) is 12.3 Å². The first-order chi connectivity index (χ1) is 9.01. The molecule has 1 aliphatic carbocycles. The van der Waals surface area contributed by atoms with E-state index in [9.17, 15) is 0 Å². The molecule has 0 amide bonds. The van der Waals surface area contributed by atoms with Gasteiger partial charge in [-0.2, -0.15) is 0 Å². The fourth-order valence-corrected chi connectivity index (χ4v) is 4.71. The van der Waals surface area contributed by atoms with Crippen molar-refractivity contribution in [3.8, 4) is 0 Å². The first-order valence-corrected chi connectivity index (χ1v) is 8.93. The maximum Gasteiger partial charge on any atom is 0.156 e. The van der Waals surface area contributed by atoms with Crippen LogP contribution in [0.4, 0.5) is 0 Å². The molecule has 0 aromatic rings. The fourth-order valence-electron chi connectivity index (χ4n) is 3.52. The highest BCUT2D eigenvalue weighted by molar-refractivity contribution is 8.14. The van der Waals surface area contributed by atoms with E-state index in [-0.39, 0.29) is 0 Å². The molecule has 110 valence electrons. The second-order valence-corrected chi connectivity index (χ2v) is 8.24. The molecule has 3 heteroatoms. The van der Waals surface area contributed by atoms with Gasteiger partial charge in [-0.15, -0.1) is 0 Å². The lowest BCUT2D eigenvalue weighted by Gasteiger charge is -2.29. The Kier molecular flexibility index (Phi) is 5.22. The summed E-state index contributed by atoms with van der Waals surface area (Å²) >= 11 is 1.92. The minimum Gasteiger partial charge on any atom is -0.361 e. The number of aliphatic imine (C=N–C) groups is 1. The Morgan fingerprint density at radius 3 is 2.47 bits per heavy atom. The zero-order valence-corrected chi connectivity index (χ0v) is 13.9. The van der Waals surface area contributed by atoms with Crippen molar-refractivity contribution < 1.29 is 0 Å². The van der Waals surface area contributed by atoms with Gasteiger partial charge >= 0.3 is 0 Å². The highest BCUT2D eigenvalue weighted by atomic mass is 32.2. The number of nitrogens with zero attached hydrogens (tertiary/aromatic N) is 1. The molecule has 0 aromatic carbocycles. The molecule has 19 heavy (non-hydrogen) atoms. The van der Waals surface area contributed by atoms with Crippen LogP contribution in [0.2, 0.25) is 0 Å². The van der Waals surface area contributed by atoms with Crippen LogP contribution in [0.1, 0.15) is 59.8 Å².